The van der Waals surface area contributed by atoms with Crippen LogP contribution in [0, 0.1) is 11.7 Å². The van der Waals surface area contributed by atoms with Gasteiger partial charge in [-0.15, -0.1) is 11.8 Å². The number of halogens is 1. The molecule has 1 saturated heterocycles. The van der Waals surface area contributed by atoms with Crippen molar-refractivity contribution < 1.29 is 17.6 Å². The van der Waals surface area contributed by atoms with Gasteiger partial charge >= 0.3 is 0 Å². The van der Waals surface area contributed by atoms with Gasteiger partial charge in [0.25, 0.3) is 5.91 Å². The molecule has 1 amide bonds. The van der Waals surface area contributed by atoms with Crippen LogP contribution < -0.4 is 4.80 Å². The van der Waals surface area contributed by atoms with Crippen molar-refractivity contribution in [2.75, 3.05) is 19.3 Å². The molecule has 0 unspecified atom stereocenters. The molecule has 33 heavy (non-hydrogen) atoms. The van der Waals surface area contributed by atoms with Crippen molar-refractivity contribution in [1.29, 1.82) is 0 Å². The van der Waals surface area contributed by atoms with Gasteiger partial charge in [0, 0.05) is 30.4 Å². The molecule has 0 bridgehead atoms. The number of aromatic nitrogens is 1. The van der Waals surface area contributed by atoms with Gasteiger partial charge in [0.2, 0.25) is 10.0 Å². The number of carbonyl (C=O) groups excluding carboxylic acids is 1. The highest BCUT2D eigenvalue weighted by Crippen LogP contribution is 2.26. The number of sulfonamides is 1. The predicted octanol–water partition coefficient (Wildman–Crippen LogP) is 4.50. The number of nitrogens with zero attached hydrogens (tertiary/aromatic N) is 3. The zero-order chi connectivity index (χ0) is 23.6. The first-order chi connectivity index (χ1) is 15.8. The number of amides is 1. The predicted molar refractivity (Wildman–Crippen MR) is 130 cm³/mol. The van der Waals surface area contributed by atoms with E-state index < -0.39 is 15.8 Å². The lowest BCUT2D eigenvalue weighted by atomic mass is 9.98. The van der Waals surface area contributed by atoms with Gasteiger partial charge in [0.1, 0.15) is 5.82 Å². The number of hydrogen-bond acceptors (Lipinski definition) is 5. The minimum atomic E-state index is -3.70. The highest BCUT2D eigenvalue weighted by Gasteiger charge is 2.32. The van der Waals surface area contributed by atoms with Crippen molar-refractivity contribution in [3.63, 3.8) is 0 Å². The van der Waals surface area contributed by atoms with E-state index in [0.29, 0.717) is 17.6 Å². The van der Waals surface area contributed by atoms with Crippen LogP contribution in [0.4, 0.5) is 4.39 Å². The summed E-state index contributed by atoms with van der Waals surface area (Å²) in [5.74, 6) is -0.992. The van der Waals surface area contributed by atoms with E-state index >= 15 is 0 Å². The second-order valence-corrected chi connectivity index (χ2v) is 11.8. The third-order valence-corrected chi connectivity index (χ3v) is 9.48. The first-order valence-electron chi connectivity index (χ1n) is 10.8. The first kappa shape index (κ1) is 24.1. The zero-order valence-electron chi connectivity index (χ0n) is 18.5. The van der Waals surface area contributed by atoms with E-state index in [1.807, 2.05) is 6.26 Å². The summed E-state index contributed by atoms with van der Waals surface area (Å²) in [6, 6.07) is 11.1. The fourth-order valence-corrected chi connectivity index (χ4v) is 7.07. The van der Waals surface area contributed by atoms with E-state index in [0.717, 1.165) is 35.3 Å². The first-order valence-corrected chi connectivity index (χ1v) is 14.3. The van der Waals surface area contributed by atoms with E-state index in [4.69, 9.17) is 0 Å². The molecule has 3 aromatic rings. The number of thioether (sulfide) groups is 1. The number of aryl methyl sites for hydroxylation is 1. The highest BCUT2D eigenvalue weighted by molar-refractivity contribution is 7.98. The van der Waals surface area contributed by atoms with Crippen LogP contribution in [0.25, 0.3) is 10.2 Å². The van der Waals surface area contributed by atoms with Crippen LogP contribution in [0.1, 0.15) is 26.2 Å². The van der Waals surface area contributed by atoms with Crippen molar-refractivity contribution >= 4 is 49.2 Å². The van der Waals surface area contributed by atoms with Crippen molar-refractivity contribution in [1.82, 2.24) is 8.87 Å². The topological polar surface area (TPSA) is 71.7 Å². The standard InChI is InChI=1S/C23H26FN3O3S3/c1-3-12-27-20-9-6-18(31-2)15-21(20)32-23(27)25-22(28)16-10-13-26(14-11-16)33(29,30)19-7-4-17(24)5-8-19/h4-9,15-16H,3,10-14H2,1-2H3. The van der Waals surface area contributed by atoms with E-state index in [-0.39, 0.29) is 29.8 Å². The molecule has 1 aliphatic rings. The summed E-state index contributed by atoms with van der Waals surface area (Å²) in [6.07, 6.45) is 3.79. The molecule has 1 aromatic heterocycles. The molecule has 0 saturated carbocycles. The highest BCUT2D eigenvalue weighted by atomic mass is 32.2. The number of fused-ring (bicyclic) bond motifs is 1. The van der Waals surface area contributed by atoms with Crippen LogP contribution in [0.3, 0.4) is 0 Å². The van der Waals surface area contributed by atoms with Gasteiger partial charge in [-0.3, -0.25) is 4.79 Å². The number of thiazole rings is 1. The minimum Gasteiger partial charge on any atom is -0.316 e. The van der Waals surface area contributed by atoms with Gasteiger partial charge in [-0.25, -0.2) is 12.8 Å². The Morgan fingerprint density at radius 2 is 1.88 bits per heavy atom. The van der Waals surface area contributed by atoms with Gasteiger partial charge in [-0.1, -0.05) is 18.3 Å². The summed E-state index contributed by atoms with van der Waals surface area (Å²) in [7, 11) is -3.70. The molecule has 2 heterocycles. The number of benzene rings is 2. The maximum atomic E-state index is 13.2. The second-order valence-electron chi connectivity index (χ2n) is 7.95. The second kappa shape index (κ2) is 10.1. The number of piperidine rings is 1. The fraction of sp³-hybridized carbons (Fsp3) is 0.391. The van der Waals surface area contributed by atoms with Crippen LogP contribution >= 0.6 is 23.1 Å². The van der Waals surface area contributed by atoms with Gasteiger partial charge in [0.05, 0.1) is 15.1 Å². The van der Waals surface area contributed by atoms with E-state index in [1.165, 1.54) is 32.7 Å². The molecule has 2 aromatic carbocycles. The number of hydrogen-bond donors (Lipinski definition) is 0. The Balaban J connectivity index is 1.53. The molecule has 6 nitrogen and oxygen atoms in total. The molecule has 0 aliphatic carbocycles. The molecule has 10 heteroatoms. The van der Waals surface area contributed by atoms with Crippen LogP contribution in [-0.4, -0.2) is 42.5 Å². The Bertz CT molecular complexity index is 1320. The molecular formula is C23H26FN3O3S3. The molecular weight excluding hydrogens is 481 g/mol. The summed E-state index contributed by atoms with van der Waals surface area (Å²) >= 11 is 3.19. The quantitative estimate of drug-likeness (QED) is 0.461. The van der Waals surface area contributed by atoms with Gasteiger partial charge in [0.15, 0.2) is 4.80 Å². The molecule has 176 valence electrons. The molecule has 1 aliphatic heterocycles. The number of carbonyl (C=O) groups is 1. The summed E-state index contributed by atoms with van der Waals surface area (Å²) in [5.41, 5.74) is 1.08. The van der Waals surface area contributed by atoms with E-state index in [1.54, 1.807) is 11.8 Å². The third kappa shape index (κ3) is 5.08. The normalized spacial score (nSPS) is 16.5. The summed E-state index contributed by atoms with van der Waals surface area (Å²) < 4.78 is 43.4. The largest absolute Gasteiger partial charge is 0.316 e. The van der Waals surface area contributed by atoms with Crippen LogP contribution in [0.15, 0.2) is 57.2 Å². The van der Waals surface area contributed by atoms with Gasteiger partial charge < -0.3 is 4.57 Å². The zero-order valence-corrected chi connectivity index (χ0v) is 21.0. The summed E-state index contributed by atoms with van der Waals surface area (Å²) in [6.45, 7) is 3.35. The van der Waals surface area contributed by atoms with Crippen LogP contribution in [-0.2, 0) is 21.4 Å². The molecule has 0 radical (unpaired) electrons. The van der Waals surface area contributed by atoms with E-state index in [9.17, 15) is 17.6 Å². The SMILES string of the molecule is CCCn1c(=NC(=O)C2CCN(S(=O)(=O)c3ccc(F)cc3)CC2)sc2cc(SC)ccc21. The number of rotatable bonds is 6. The van der Waals surface area contributed by atoms with Crippen molar-refractivity contribution in [3.05, 3.63) is 53.1 Å². The summed E-state index contributed by atoms with van der Waals surface area (Å²) in [5, 5.41) is 0. The lowest BCUT2D eigenvalue weighted by molar-refractivity contribution is -0.122. The average molecular weight is 508 g/mol. The Kier molecular flexibility index (Phi) is 7.37. The molecule has 4 rings (SSSR count). The maximum absolute atomic E-state index is 13.2. The fourth-order valence-electron chi connectivity index (χ4n) is 3.99. The molecule has 1 fully saturated rings. The smallest absolute Gasteiger partial charge is 0.251 e. The van der Waals surface area contributed by atoms with Crippen molar-refractivity contribution in [2.24, 2.45) is 10.9 Å². The van der Waals surface area contributed by atoms with Crippen LogP contribution in [0.5, 0.6) is 0 Å². The molecule has 0 N–H and O–H groups in total. The monoisotopic (exact) mass is 507 g/mol. The Morgan fingerprint density at radius 3 is 2.52 bits per heavy atom. The average Bonchev–Trinajstić information content (AvgIpc) is 3.15. The van der Waals surface area contributed by atoms with Crippen LogP contribution in [0.2, 0.25) is 0 Å². The minimum absolute atomic E-state index is 0.0638. The maximum Gasteiger partial charge on any atom is 0.251 e. The van der Waals surface area contributed by atoms with E-state index in [2.05, 4.69) is 34.7 Å². The van der Waals surface area contributed by atoms with Crippen molar-refractivity contribution in [2.45, 2.75) is 42.5 Å². The summed E-state index contributed by atoms with van der Waals surface area (Å²) in [4.78, 5) is 19.4. The lowest BCUT2D eigenvalue weighted by Gasteiger charge is -2.29. The Hall–Kier alpha value is -2.01. The molecule has 0 atom stereocenters. The Labute approximate surface area is 201 Å². The molecule has 0 spiro atoms. The van der Waals surface area contributed by atoms with Crippen molar-refractivity contribution in [3.8, 4) is 0 Å². The van der Waals surface area contributed by atoms with Gasteiger partial charge in [-0.2, -0.15) is 9.30 Å². The third-order valence-electron chi connectivity index (χ3n) is 5.80. The van der Waals surface area contributed by atoms with Gasteiger partial charge in [-0.05, 0) is 68.0 Å². The Morgan fingerprint density at radius 1 is 1.18 bits per heavy atom. The lowest BCUT2D eigenvalue weighted by Crippen LogP contribution is -2.40.